The summed E-state index contributed by atoms with van der Waals surface area (Å²) in [5.41, 5.74) is -0.0800. The predicted molar refractivity (Wildman–Crippen MR) is 47.0 cm³/mol. The Labute approximate surface area is 76.4 Å². The van der Waals surface area contributed by atoms with Crippen molar-refractivity contribution < 1.29 is 4.79 Å². The fourth-order valence-corrected chi connectivity index (χ4v) is 1.66. The molecule has 1 N–H and O–H groups in total. The molecule has 0 radical (unpaired) electrons. The lowest BCUT2D eigenvalue weighted by atomic mass is 9.66. The number of H-pyrrole nitrogens is 1. The molecule has 1 aliphatic carbocycles. The van der Waals surface area contributed by atoms with Gasteiger partial charge in [0, 0.05) is 18.0 Å². The lowest BCUT2D eigenvalue weighted by molar-refractivity contribution is 0.0749. The summed E-state index contributed by atoms with van der Waals surface area (Å²) in [6, 6.07) is 3.86. The minimum Gasteiger partial charge on any atom is -0.367 e. The third-order valence-electron chi connectivity index (χ3n) is 2.72. The number of Topliss-reactive ketones (excluding diaryl/α,β-unsaturated/α-hetero) is 1. The van der Waals surface area contributed by atoms with Crippen LogP contribution in [0.2, 0.25) is 0 Å². The number of hydrogen-bond acceptors (Lipinski definition) is 2. The molecule has 1 saturated carbocycles. The second-order valence-electron chi connectivity index (χ2n) is 3.48. The molecule has 0 saturated heterocycles. The van der Waals surface area contributed by atoms with Gasteiger partial charge < -0.3 is 4.98 Å². The Morgan fingerprint density at radius 3 is 2.77 bits per heavy atom. The third-order valence-corrected chi connectivity index (χ3v) is 2.72. The van der Waals surface area contributed by atoms with Crippen LogP contribution in [0, 0.1) is 16.7 Å². The Balaban J connectivity index is 2.28. The quantitative estimate of drug-likeness (QED) is 0.696. The van der Waals surface area contributed by atoms with Crippen LogP contribution in [-0.2, 0) is 0 Å². The minimum absolute atomic E-state index is 0.0255. The molecule has 1 heterocycles. The number of aromatic nitrogens is 1. The third kappa shape index (κ3) is 1.06. The maximum absolute atomic E-state index is 11.8. The largest absolute Gasteiger partial charge is 0.367 e. The van der Waals surface area contributed by atoms with Crippen molar-refractivity contribution in [2.75, 3.05) is 0 Å². The number of nitriles is 1. The molecule has 66 valence electrons. The van der Waals surface area contributed by atoms with Gasteiger partial charge in [-0.1, -0.05) is 0 Å². The lowest BCUT2D eigenvalue weighted by Gasteiger charge is -2.32. The highest BCUT2D eigenvalue weighted by molar-refractivity contribution is 6.02. The Hall–Kier alpha value is -1.56. The molecule has 1 fully saturated rings. The van der Waals surface area contributed by atoms with Crippen LogP contribution in [0.3, 0.4) is 0 Å². The second-order valence-corrected chi connectivity index (χ2v) is 3.48. The molecule has 0 aliphatic heterocycles. The first kappa shape index (κ1) is 8.06. The summed E-state index contributed by atoms with van der Waals surface area (Å²) in [6.45, 7) is 0. The molecule has 13 heavy (non-hydrogen) atoms. The Morgan fingerprint density at radius 1 is 1.62 bits per heavy atom. The van der Waals surface area contributed by atoms with E-state index in [0.717, 1.165) is 6.42 Å². The minimum atomic E-state index is -0.706. The van der Waals surface area contributed by atoms with E-state index in [1.165, 1.54) is 0 Å². The van der Waals surface area contributed by atoms with Crippen LogP contribution < -0.4 is 0 Å². The first-order chi connectivity index (χ1) is 6.28. The predicted octanol–water partition coefficient (Wildman–Crippen LogP) is 1.89. The highest BCUT2D eigenvalue weighted by Crippen LogP contribution is 2.42. The molecule has 0 atom stereocenters. The van der Waals surface area contributed by atoms with E-state index < -0.39 is 5.41 Å². The molecule has 3 heteroatoms. The van der Waals surface area contributed by atoms with Crippen molar-refractivity contribution in [1.29, 1.82) is 5.26 Å². The summed E-state index contributed by atoms with van der Waals surface area (Å²) in [6.07, 6.45) is 5.78. The van der Waals surface area contributed by atoms with E-state index in [2.05, 4.69) is 11.1 Å². The molecule has 0 unspecified atom stereocenters. The SMILES string of the molecule is N#CC1(C(=O)c2cc[nH]c2)CCC1. The van der Waals surface area contributed by atoms with Crippen molar-refractivity contribution >= 4 is 5.78 Å². The van der Waals surface area contributed by atoms with Gasteiger partial charge in [-0.2, -0.15) is 5.26 Å². The van der Waals surface area contributed by atoms with Crippen molar-refractivity contribution in [3.05, 3.63) is 24.0 Å². The van der Waals surface area contributed by atoms with E-state index in [-0.39, 0.29) is 5.78 Å². The van der Waals surface area contributed by atoms with Crippen LogP contribution in [0.4, 0.5) is 0 Å². The molecule has 1 aliphatic rings. The molecule has 0 amide bonds. The molecule has 1 aromatic rings. The molecule has 0 bridgehead atoms. The summed E-state index contributed by atoms with van der Waals surface area (Å²) in [5.74, 6) is -0.0255. The average molecular weight is 174 g/mol. The molecule has 1 aromatic heterocycles. The first-order valence-corrected chi connectivity index (χ1v) is 4.37. The van der Waals surface area contributed by atoms with Crippen LogP contribution in [0.5, 0.6) is 0 Å². The van der Waals surface area contributed by atoms with Crippen LogP contribution in [0.1, 0.15) is 29.6 Å². The molecule has 0 aromatic carbocycles. The summed E-state index contributed by atoms with van der Waals surface area (Å²) in [5, 5.41) is 8.92. The van der Waals surface area contributed by atoms with E-state index in [0.29, 0.717) is 18.4 Å². The van der Waals surface area contributed by atoms with Crippen molar-refractivity contribution in [2.45, 2.75) is 19.3 Å². The standard InChI is InChI=1S/C10H10N2O/c11-7-10(3-1-4-10)9(13)8-2-5-12-6-8/h2,5-6,12H,1,3-4H2. The zero-order chi connectivity index (χ0) is 9.31. The van der Waals surface area contributed by atoms with Crippen LogP contribution in [0.15, 0.2) is 18.5 Å². The van der Waals surface area contributed by atoms with Crippen LogP contribution >= 0.6 is 0 Å². The van der Waals surface area contributed by atoms with Crippen molar-refractivity contribution in [3.63, 3.8) is 0 Å². The van der Waals surface area contributed by atoms with Crippen LogP contribution in [-0.4, -0.2) is 10.8 Å². The fraction of sp³-hybridized carbons (Fsp3) is 0.400. The normalized spacial score (nSPS) is 18.7. The number of rotatable bonds is 2. The van der Waals surface area contributed by atoms with Crippen molar-refractivity contribution in [3.8, 4) is 6.07 Å². The van der Waals surface area contributed by atoms with E-state index in [4.69, 9.17) is 5.26 Å². The molecule has 2 rings (SSSR count). The monoisotopic (exact) mass is 174 g/mol. The number of nitrogens with zero attached hydrogens (tertiary/aromatic N) is 1. The summed E-state index contributed by atoms with van der Waals surface area (Å²) in [7, 11) is 0. The molecular weight excluding hydrogens is 164 g/mol. The number of ketones is 1. The van der Waals surface area contributed by atoms with Gasteiger partial charge in [0.2, 0.25) is 0 Å². The van der Waals surface area contributed by atoms with Gasteiger partial charge in [-0.05, 0) is 25.3 Å². The maximum Gasteiger partial charge on any atom is 0.184 e. The van der Waals surface area contributed by atoms with E-state index in [1.54, 1.807) is 18.5 Å². The van der Waals surface area contributed by atoms with Gasteiger partial charge in [0.05, 0.1) is 6.07 Å². The number of hydrogen-bond donors (Lipinski definition) is 1. The summed E-state index contributed by atoms with van der Waals surface area (Å²) in [4.78, 5) is 14.6. The van der Waals surface area contributed by atoms with Gasteiger partial charge in [-0.15, -0.1) is 0 Å². The average Bonchev–Trinajstić information content (AvgIpc) is 2.54. The molecular formula is C10H10N2O. The van der Waals surface area contributed by atoms with E-state index >= 15 is 0 Å². The van der Waals surface area contributed by atoms with Gasteiger partial charge in [-0.25, -0.2) is 0 Å². The van der Waals surface area contributed by atoms with Gasteiger partial charge in [0.1, 0.15) is 5.41 Å². The number of carbonyl (C=O) groups is 1. The van der Waals surface area contributed by atoms with E-state index in [1.807, 2.05) is 0 Å². The van der Waals surface area contributed by atoms with Crippen molar-refractivity contribution in [2.24, 2.45) is 5.41 Å². The highest BCUT2D eigenvalue weighted by Gasteiger charge is 2.44. The fourth-order valence-electron chi connectivity index (χ4n) is 1.66. The summed E-state index contributed by atoms with van der Waals surface area (Å²) >= 11 is 0. The van der Waals surface area contributed by atoms with Gasteiger partial charge in [0.25, 0.3) is 0 Å². The molecule has 0 spiro atoms. The van der Waals surface area contributed by atoms with Gasteiger partial charge >= 0.3 is 0 Å². The number of nitrogens with one attached hydrogen (secondary N) is 1. The highest BCUT2D eigenvalue weighted by atomic mass is 16.1. The lowest BCUT2D eigenvalue weighted by Crippen LogP contribution is -2.36. The van der Waals surface area contributed by atoms with Gasteiger partial charge in [-0.3, -0.25) is 4.79 Å². The topological polar surface area (TPSA) is 56.6 Å². The first-order valence-electron chi connectivity index (χ1n) is 4.37. The zero-order valence-corrected chi connectivity index (χ0v) is 7.21. The number of aromatic amines is 1. The Kier molecular flexibility index (Phi) is 1.70. The molecule has 3 nitrogen and oxygen atoms in total. The van der Waals surface area contributed by atoms with E-state index in [9.17, 15) is 4.79 Å². The van der Waals surface area contributed by atoms with Crippen LogP contribution in [0.25, 0.3) is 0 Å². The smallest absolute Gasteiger partial charge is 0.184 e. The zero-order valence-electron chi connectivity index (χ0n) is 7.21. The Morgan fingerprint density at radius 2 is 2.38 bits per heavy atom. The maximum atomic E-state index is 11.8. The number of carbonyl (C=O) groups excluding carboxylic acids is 1. The second kappa shape index (κ2) is 2.74. The van der Waals surface area contributed by atoms with Gasteiger partial charge in [0.15, 0.2) is 5.78 Å². The van der Waals surface area contributed by atoms with Crippen molar-refractivity contribution in [1.82, 2.24) is 4.98 Å². The Bertz CT molecular complexity index is 355. The summed E-state index contributed by atoms with van der Waals surface area (Å²) < 4.78 is 0.